The van der Waals surface area contributed by atoms with Crippen LogP contribution in [0.3, 0.4) is 0 Å². The molecule has 5 heteroatoms. The molecule has 1 aliphatic rings. The summed E-state index contributed by atoms with van der Waals surface area (Å²) in [5.74, 6) is 1.51. The summed E-state index contributed by atoms with van der Waals surface area (Å²) in [5, 5.41) is 21.5. The molecule has 0 amide bonds. The number of nitriles is 1. The van der Waals surface area contributed by atoms with Crippen molar-refractivity contribution in [3.63, 3.8) is 0 Å². The monoisotopic (exact) mass is 247 g/mol. The maximum atomic E-state index is 9.49. The zero-order chi connectivity index (χ0) is 13.0. The van der Waals surface area contributed by atoms with Gasteiger partial charge in [-0.2, -0.15) is 10.1 Å². The summed E-state index contributed by atoms with van der Waals surface area (Å²) in [6.45, 7) is 2.23. The molecule has 1 saturated carbocycles. The summed E-state index contributed by atoms with van der Waals surface area (Å²) in [6, 6.07) is 2.52. The number of tetrazole rings is 1. The topological polar surface area (TPSA) is 67.4 Å². The predicted molar refractivity (Wildman–Crippen MR) is 67.4 cm³/mol. The lowest BCUT2D eigenvalue weighted by Crippen LogP contribution is -2.29. The molecule has 0 bridgehead atoms. The van der Waals surface area contributed by atoms with E-state index in [0.717, 1.165) is 18.8 Å². The minimum Gasteiger partial charge on any atom is -0.198 e. The summed E-state index contributed by atoms with van der Waals surface area (Å²) in [5.41, 5.74) is -0.257. The Morgan fingerprint density at radius 1 is 1.44 bits per heavy atom. The zero-order valence-corrected chi connectivity index (χ0v) is 11.3. The molecule has 0 radical (unpaired) electrons. The van der Waals surface area contributed by atoms with Crippen molar-refractivity contribution in [3.05, 3.63) is 5.82 Å². The quantitative estimate of drug-likeness (QED) is 0.818. The van der Waals surface area contributed by atoms with Crippen LogP contribution >= 0.6 is 0 Å². The van der Waals surface area contributed by atoms with Crippen LogP contribution in [0.2, 0.25) is 0 Å². The first-order valence-corrected chi connectivity index (χ1v) is 6.81. The first-order chi connectivity index (χ1) is 8.67. The van der Waals surface area contributed by atoms with E-state index in [2.05, 4.69) is 28.4 Å². The number of rotatable bonds is 4. The van der Waals surface area contributed by atoms with Crippen molar-refractivity contribution in [3.8, 4) is 6.07 Å². The smallest absolute Gasteiger partial charge is 0.176 e. The molecule has 0 atom stereocenters. The van der Waals surface area contributed by atoms with Crippen LogP contribution in [0.15, 0.2) is 0 Å². The highest BCUT2D eigenvalue weighted by molar-refractivity contribution is 5.06. The second-order valence-electron chi connectivity index (χ2n) is 5.50. The third-order valence-corrected chi connectivity index (χ3v) is 4.04. The minimum atomic E-state index is -0.257. The van der Waals surface area contributed by atoms with Crippen molar-refractivity contribution in [2.45, 2.75) is 51.9 Å². The Balaban J connectivity index is 1.99. The lowest BCUT2D eigenvalue weighted by molar-refractivity contribution is 0.198. The molecule has 0 unspecified atom stereocenters. The van der Waals surface area contributed by atoms with Gasteiger partial charge in [0.15, 0.2) is 5.82 Å². The van der Waals surface area contributed by atoms with Crippen LogP contribution in [-0.4, -0.2) is 20.2 Å². The highest BCUT2D eigenvalue weighted by Gasteiger charge is 2.36. The van der Waals surface area contributed by atoms with E-state index in [4.69, 9.17) is 0 Å². The molecule has 5 nitrogen and oxygen atoms in total. The van der Waals surface area contributed by atoms with Crippen LogP contribution in [0.25, 0.3) is 0 Å². The van der Waals surface area contributed by atoms with E-state index in [1.54, 1.807) is 7.05 Å². The molecule has 1 aromatic rings. The molecule has 18 heavy (non-hydrogen) atoms. The Kier molecular flexibility index (Phi) is 3.95. The van der Waals surface area contributed by atoms with Crippen molar-refractivity contribution in [2.24, 2.45) is 18.4 Å². The molecule has 0 spiro atoms. The Morgan fingerprint density at radius 2 is 2.17 bits per heavy atom. The van der Waals surface area contributed by atoms with Gasteiger partial charge in [-0.3, -0.25) is 0 Å². The van der Waals surface area contributed by atoms with Crippen LogP contribution in [0.1, 0.15) is 51.3 Å². The van der Waals surface area contributed by atoms with E-state index < -0.39 is 0 Å². The maximum Gasteiger partial charge on any atom is 0.176 e. The van der Waals surface area contributed by atoms with Gasteiger partial charge in [0.1, 0.15) is 0 Å². The fraction of sp³-hybridized carbons (Fsp3) is 0.846. The van der Waals surface area contributed by atoms with Gasteiger partial charge in [0.05, 0.1) is 18.5 Å². The number of hydrogen-bond acceptors (Lipinski definition) is 4. The third kappa shape index (κ3) is 2.87. The van der Waals surface area contributed by atoms with Crippen molar-refractivity contribution < 1.29 is 0 Å². The third-order valence-electron chi connectivity index (χ3n) is 4.04. The van der Waals surface area contributed by atoms with E-state index in [-0.39, 0.29) is 5.41 Å². The Labute approximate surface area is 108 Å². The number of nitrogens with zero attached hydrogens (tertiary/aromatic N) is 5. The molecule has 1 aromatic heterocycles. The summed E-state index contributed by atoms with van der Waals surface area (Å²) >= 11 is 0. The average Bonchev–Trinajstić information content (AvgIpc) is 2.78. The Bertz CT molecular complexity index is 423. The molecule has 1 fully saturated rings. The zero-order valence-electron chi connectivity index (χ0n) is 11.3. The molecule has 0 aromatic carbocycles. The fourth-order valence-electron chi connectivity index (χ4n) is 2.95. The lowest BCUT2D eigenvalue weighted by Gasteiger charge is -2.34. The maximum absolute atomic E-state index is 9.49. The van der Waals surface area contributed by atoms with Gasteiger partial charge in [0.25, 0.3) is 0 Å². The summed E-state index contributed by atoms with van der Waals surface area (Å²) in [6.07, 6.45) is 7.49. The van der Waals surface area contributed by atoms with Gasteiger partial charge in [0.2, 0.25) is 0 Å². The first kappa shape index (κ1) is 13.0. The van der Waals surface area contributed by atoms with Crippen molar-refractivity contribution in [1.82, 2.24) is 20.2 Å². The molecule has 2 rings (SSSR count). The van der Waals surface area contributed by atoms with E-state index in [0.29, 0.717) is 12.2 Å². The van der Waals surface area contributed by atoms with E-state index in [9.17, 15) is 5.26 Å². The van der Waals surface area contributed by atoms with Crippen LogP contribution in [0, 0.1) is 22.7 Å². The van der Waals surface area contributed by atoms with Gasteiger partial charge in [-0.05, 0) is 36.8 Å². The molecule has 0 saturated heterocycles. The summed E-state index contributed by atoms with van der Waals surface area (Å²) in [4.78, 5) is 1.46. The molecular formula is C13H21N5. The van der Waals surface area contributed by atoms with Gasteiger partial charge >= 0.3 is 0 Å². The number of hydrogen-bond donors (Lipinski definition) is 0. The molecule has 0 N–H and O–H groups in total. The largest absolute Gasteiger partial charge is 0.198 e. The van der Waals surface area contributed by atoms with Crippen molar-refractivity contribution in [1.29, 1.82) is 5.26 Å². The lowest BCUT2D eigenvalue weighted by atomic mass is 9.68. The standard InChI is InChI=1S/C13H21N5/c1-3-4-11-5-7-13(10-14,8-6-11)9-12-15-17-18(2)16-12/h11H,3-9H2,1-2H3. The Morgan fingerprint density at radius 3 is 2.67 bits per heavy atom. The SMILES string of the molecule is CCCC1CCC(C#N)(Cc2nnn(C)n2)CC1. The summed E-state index contributed by atoms with van der Waals surface area (Å²) in [7, 11) is 1.76. The average molecular weight is 247 g/mol. The second kappa shape index (κ2) is 5.47. The molecule has 1 aliphatic carbocycles. The molecule has 1 heterocycles. The van der Waals surface area contributed by atoms with E-state index in [1.165, 1.54) is 30.5 Å². The summed E-state index contributed by atoms with van der Waals surface area (Å²) < 4.78 is 0. The van der Waals surface area contributed by atoms with E-state index in [1.807, 2.05) is 0 Å². The van der Waals surface area contributed by atoms with Crippen LogP contribution < -0.4 is 0 Å². The number of aromatic nitrogens is 4. The van der Waals surface area contributed by atoms with Gasteiger partial charge < -0.3 is 0 Å². The molecular weight excluding hydrogens is 226 g/mol. The van der Waals surface area contributed by atoms with Crippen LogP contribution in [0.5, 0.6) is 0 Å². The highest BCUT2D eigenvalue weighted by Crippen LogP contribution is 2.41. The van der Waals surface area contributed by atoms with Gasteiger partial charge in [-0.25, -0.2) is 0 Å². The fourth-order valence-corrected chi connectivity index (χ4v) is 2.95. The van der Waals surface area contributed by atoms with Crippen molar-refractivity contribution >= 4 is 0 Å². The van der Waals surface area contributed by atoms with Gasteiger partial charge in [-0.15, -0.1) is 10.2 Å². The Hall–Kier alpha value is -1.44. The second-order valence-corrected chi connectivity index (χ2v) is 5.50. The predicted octanol–water partition coefficient (Wildman–Crippen LogP) is 2.25. The van der Waals surface area contributed by atoms with Crippen LogP contribution in [-0.2, 0) is 13.5 Å². The first-order valence-electron chi connectivity index (χ1n) is 6.81. The van der Waals surface area contributed by atoms with Crippen molar-refractivity contribution in [2.75, 3.05) is 0 Å². The van der Waals surface area contributed by atoms with Gasteiger partial charge in [0, 0.05) is 6.42 Å². The van der Waals surface area contributed by atoms with Gasteiger partial charge in [-0.1, -0.05) is 19.8 Å². The van der Waals surface area contributed by atoms with E-state index >= 15 is 0 Å². The number of aryl methyl sites for hydroxylation is 1. The van der Waals surface area contributed by atoms with Crippen LogP contribution in [0.4, 0.5) is 0 Å². The minimum absolute atomic E-state index is 0.257. The molecule has 98 valence electrons. The molecule has 0 aliphatic heterocycles. The normalized spacial score (nSPS) is 27.9. The highest BCUT2D eigenvalue weighted by atomic mass is 15.6.